The van der Waals surface area contributed by atoms with Gasteiger partial charge in [-0.3, -0.25) is 4.90 Å². The van der Waals surface area contributed by atoms with E-state index in [2.05, 4.69) is 18.7 Å². The molecule has 17 heavy (non-hydrogen) atoms. The molecule has 0 aromatic heterocycles. The molecule has 2 N–H and O–H groups in total. The Kier molecular flexibility index (Phi) is 4.87. The zero-order chi connectivity index (χ0) is 12.3. The van der Waals surface area contributed by atoms with Crippen LogP contribution in [0.25, 0.3) is 0 Å². The average Bonchev–Trinajstić information content (AvgIpc) is 2.35. The van der Waals surface area contributed by atoms with Crippen molar-refractivity contribution in [2.75, 3.05) is 19.6 Å². The molecule has 0 aromatic carbocycles. The Bertz CT molecular complexity index is 225. The number of hydrogen-bond acceptors (Lipinski definition) is 2. The van der Waals surface area contributed by atoms with Crippen LogP contribution in [-0.4, -0.2) is 30.6 Å². The van der Waals surface area contributed by atoms with E-state index in [9.17, 15) is 0 Å². The van der Waals surface area contributed by atoms with E-state index in [0.29, 0.717) is 5.92 Å². The third-order valence-corrected chi connectivity index (χ3v) is 5.07. The van der Waals surface area contributed by atoms with Crippen molar-refractivity contribution >= 4 is 0 Å². The van der Waals surface area contributed by atoms with Crippen LogP contribution in [0.1, 0.15) is 52.4 Å². The molecule has 0 radical (unpaired) electrons. The number of nitrogens with two attached hydrogens (primary N) is 1. The first kappa shape index (κ1) is 13.4. The number of piperidine rings is 1. The Labute approximate surface area is 107 Å². The van der Waals surface area contributed by atoms with Gasteiger partial charge in [0.05, 0.1) is 0 Å². The fourth-order valence-corrected chi connectivity index (χ4v) is 3.81. The highest BCUT2D eigenvalue weighted by atomic mass is 15.2. The lowest BCUT2D eigenvalue weighted by molar-refractivity contribution is 0.0430. The summed E-state index contributed by atoms with van der Waals surface area (Å²) >= 11 is 0. The van der Waals surface area contributed by atoms with E-state index in [-0.39, 0.29) is 0 Å². The van der Waals surface area contributed by atoms with Crippen LogP contribution >= 0.6 is 0 Å². The molecule has 2 fully saturated rings. The van der Waals surface area contributed by atoms with Gasteiger partial charge >= 0.3 is 0 Å². The summed E-state index contributed by atoms with van der Waals surface area (Å²) in [6.45, 7) is 8.06. The molecule has 1 aliphatic carbocycles. The maximum Gasteiger partial charge on any atom is 0.0124 e. The van der Waals surface area contributed by atoms with Gasteiger partial charge in [-0.25, -0.2) is 0 Å². The quantitative estimate of drug-likeness (QED) is 0.816. The molecular weight excluding hydrogens is 208 g/mol. The molecule has 1 heterocycles. The summed E-state index contributed by atoms with van der Waals surface area (Å²) in [5, 5.41) is 0. The zero-order valence-electron chi connectivity index (χ0n) is 11.7. The molecule has 1 saturated carbocycles. The molecule has 1 aliphatic heterocycles. The third-order valence-electron chi connectivity index (χ3n) is 5.07. The van der Waals surface area contributed by atoms with E-state index in [1.165, 1.54) is 51.6 Å². The van der Waals surface area contributed by atoms with Crippen molar-refractivity contribution in [2.45, 2.75) is 58.4 Å². The monoisotopic (exact) mass is 238 g/mol. The summed E-state index contributed by atoms with van der Waals surface area (Å²) in [6.07, 6.45) is 8.75. The SMILES string of the molecule is CC(C)C(CN)CN1CCCC2CCCCC21. The molecule has 0 aromatic rings. The summed E-state index contributed by atoms with van der Waals surface area (Å²) in [4.78, 5) is 2.78. The highest BCUT2D eigenvalue weighted by Crippen LogP contribution is 2.35. The Morgan fingerprint density at radius 2 is 1.82 bits per heavy atom. The van der Waals surface area contributed by atoms with Crippen LogP contribution in [0.3, 0.4) is 0 Å². The zero-order valence-corrected chi connectivity index (χ0v) is 11.7. The van der Waals surface area contributed by atoms with Crippen molar-refractivity contribution in [3.05, 3.63) is 0 Å². The third kappa shape index (κ3) is 3.23. The Morgan fingerprint density at radius 3 is 2.53 bits per heavy atom. The van der Waals surface area contributed by atoms with Crippen LogP contribution in [-0.2, 0) is 0 Å². The summed E-state index contributed by atoms with van der Waals surface area (Å²) in [6, 6.07) is 0.894. The van der Waals surface area contributed by atoms with Crippen LogP contribution in [0.2, 0.25) is 0 Å². The van der Waals surface area contributed by atoms with Crippen molar-refractivity contribution in [1.82, 2.24) is 4.90 Å². The Morgan fingerprint density at radius 1 is 1.12 bits per heavy atom. The fourth-order valence-electron chi connectivity index (χ4n) is 3.81. The number of fused-ring (bicyclic) bond motifs is 1. The van der Waals surface area contributed by atoms with Gasteiger partial charge in [0, 0.05) is 12.6 Å². The molecule has 3 unspecified atom stereocenters. The number of hydrogen-bond donors (Lipinski definition) is 1. The van der Waals surface area contributed by atoms with Crippen LogP contribution in [0.4, 0.5) is 0 Å². The largest absolute Gasteiger partial charge is 0.330 e. The topological polar surface area (TPSA) is 29.3 Å². The molecule has 0 bridgehead atoms. The van der Waals surface area contributed by atoms with Crippen molar-refractivity contribution in [2.24, 2.45) is 23.5 Å². The van der Waals surface area contributed by atoms with Crippen LogP contribution in [0.15, 0.2) is 0 Å². The first-order chi connectivity index (χ1) is 8.22. The average molecular weight is 238 g/mol. The first-order valence-electron chi connectivity index (χ1n) is 7.66. The lowest BCUT2D eigenvalue weighted by atomic mass is 9.77. The molecule has 2 rings (SSSR count). The minimum Gasteiger partial charge on any atom is -0.330 e. The Hall–Kier alpha value is -0.0800. The van der Waals surface area contributed by atoms with Gasteiger partial charge in [0.25, 0.3) is 0 Å². The standard InChI is InChI=1S/C15H30N2/c1-12(2)14(10-16)11-17-9-5-7-13-6-3-4-8-15(13)17/h12-15H,3-11,16H2,1-2H3. The van der Waals surface area contributed by atoms with E-state index in [4.69, 9.17) is 5.73 Å². The van der Waals surface area contributed by atoms with Gasteiger partial charge in [-0.15, -0.1) is 0 Å². The van der Waals surface area contributed by atoms with Gasteiger partial charge in [-0.2, -0.15) is 0 Å². The van der Waals surface area contributed by atoms with E-state index in [0.717, 1.165) is 24.4 Å². The van der Waals surface area contributed by atoms with Crippen LogP contribution in [0, 0.1) is 17.8 Å². The maximum atomic E-state index is 5.93. The minimum atomic E-state index is 0.690. The van der Waals surface area contributed by atoms with Gasteiger partial charge in [0.1, 0.15) is 0 Å². The second-order valence-corrected chi connectivity index (χ2v) is 6.49. The molecular formula is C15H30N2. The van der Waals surface area contributed by atoms with Crippen LogP contribution in [0.5, 0.6) is 0 Å². The molecule has 2 aliphatic rings. The highest BCUT2D eigenvalue weighted by molar-refractivity contribution is 4.88. The smallest absolute Gasteiger partial charge is 0.0124 e. The predicted molar refractivity (Wildman–Crippen MR) is 73.9 cm³/mol. The van der Waals surface area contributed by atoms with Gasteiger partial charge in [-0.05, 0) is 56.5 Å². The molecule has 2 nitrogen and oxygen atoms in total. The van der Waals surface area contributed by atoms with Gasteiger partial charge in [-0.1, -0.05) is 26.7 Å². The highest BCUT2D eigenvalue weighted by Gasteiger charge is 2.34. The summed E-state index contributed by atoms with van der Waals surface area (Å²) in [5.41, 5.74) is 5.93. The second kappa shape index (κ2) is 6.19. The van der Waals surface area contributed by atoms with E-state index in [1.54, 1.807) is 0 Å². The summed E-state index contributed by atoms with van der Waals surface area (Å²) in [5.74, 6) is 2.42. The maximum absolute atomic E-state index is 5.93. The molecule has 2 heteroatoms. The second-order valence-electron chi connectivity index (χ2n) is 6.49. The first-order valence-corrected chi connectivity index (χ1v) is 7.66. The lowest BCUT2D eigenvalue weighted by Crippen LogP contribution is -2.49. The minimum absolute atomic E-state index is 0.690. The number of likely N-dealkylation sites (tertiary alicyclic amines) is 1. The molecule has 0 spiro atoms. The normalized spacial score (nSPS) is 32.5. The molecule has 0 amide bonds. The van der Waals surface area contributed by atoms with Crippen molar-refractivity contribution in [3.63, 3.8) is 0 Å². The van der Waals surface area contributed by atoms with E-state index in [1.807, 2.05) is 0 Å². The number of rotatable bonds is 4. The molecule has 1 saturated heterocycles. The Balaban J connectivity index is 1.94. The van der Waals surface area contributed by atoms with Gasteiger partial charge in [0.2, 0.25) is 0 Å². The van der Waals surface area contributed by atoms with Crippen molar-refractivity contribution in [1.29, 1.82) is 0 Å². The predicted octanol–water partition coefficient (Wildman–Crippen LogP) is 2.87. The lowest BCUT2D eigenvalue weighted by Gasteiger charge is -2.45. The van der Waals surface area contributed by atoms with Crippen LogP contribution < -0.4 is 5.73 Å². The molecule has 3 atom stereocenters. The van der Waals surface area contributed by atoms with E-state index >= 15 is 0 Å². The summed E-state index contributed by atoms with van der Waals surface area (Å²) in [7, 11) is 0. The van der Waals surface area contributed by atoms with E-state index < -0.39 is 0 Å². The van der Waals surface area contributed by atoms with Gasteiger partial charge < -0.3 is 5.73 Å². The van der Waals surface area contributed by atoms with Gasteiger partial charge in [0.15, 0.2) is 0 Å². The number of nitrogens with zero attached hydrogens (tertiary/aromatic N) is 1. The van der Waals surface area contributed by atoms with Crippen molar-refractivity contribution < 1.29 is 0 Å². The summed E-state index contributed by atoms with van der Waals surface area (Å²) < 4.78 is 0. The molecule has 100 valence electrons. The van der Waals surface area contributed by atoms with Crippen molar-refractivity contribution in [3.8, 4) is 0 Å². The fraction of sp³-hybridized carbons (Fsp3) is 1.00.